The molecule has 0 spiro atoms. The summed E-state index contributed by atoms with van der Waals surface area (Å²) < 4.78 is 24.3. The van der Waals surface area contributed by atoms with E-state index >= 15 is 0 Å². The molecule has 0 unspecified atom stereocenters. The van der Waals surface area contributed by atoms with Crippen LogP contribution in [0.25, 0.3) is 11.0 Å². The van der Waals surface area contributed by atoms with Gasteiger partial charge in [-0.2, -0.15) is 0 Å². The van der Waals surface area contributed by atoms with E-state index in [1.807, 2.05) is 0 Å². The average molecular weight is 369 g/mol. The van der Waals surface area contributed by atoms with Crippen LogP contribution in [0.15, 0.2) is 51.7 Å². The smallest absolute Gasteiger partial charge is 0.336 e. The lowest BCUT2D eigenvalue weighted by Gasteiger charge is -2.33. The first-order chi connectivity index (χ1) is 13.0. The van der Waals surface area contributed by atoms with E-state index in [9.17, 15) is 14.3 Å². The Morgan fingerprint density at radius 1 is 1.22 bits per heavy atom. The number of phenols is 1. The van der Waals surface area contributed by atoms with Crippen molar-refractivity contribution in [3.8, 4) is 5.75 Å². The van der Waals surface area contributed by atoms with Gasteiger partial charge in [0.25, 0.3) is 0 Å². The van der Waals surface area contributed by atoms with Crippen LogP contribution in [0.1, 0.15) is 22.8 Å². The lowest BCUT2D eigenvalue weighted by Crippen LogP contribution is -2.38. The van der Waals surface area contributed by atoms with Gasteiger partial charge in [-0.1, -0.05) is 12.1 Å². The summed E-state index contributed by atoms with van der Waals surface area (Å²) in [5.74, 6) is -0.168. The molecule has 0 bridgehead atoms. The Hall–Kier alpha value is -2.70. The topological polar surface area (TPSA) is 62.9 Å². The second-order valence-corrected chi connectivity index (χ2v) is 6.82. The molecular weight excluding hydrogens is 349 g/mol. The van der Waals surface area contributed by atoms with Crippen molar-refractivity contribution in [2.24, 2.45) is 0 Å². The molecule has 1 aromatic heterocycles. The third-order valence-corrected chi connectivity index (χ3v) is 5.00. The molecule has 1 fully saturated rings. The highest BCUT2D eigenvalue weighted by Gasteiger charge is 2.23. The number of hydrogen-bond acceptors (Lipinski definition) is 5. The van der Waals surface area contributed by atoms with Crippen LogP contribution < -0.4 is 5.63 Å². The fourth-order valence-corrected chi connectivity index (χ4v) is 3.51. The maximum Gasteiger partial charge on any atom is 0.336 e. The zero-order chi connectivity index (χ0) is 19.0. The van der Waals surface area contributed by atoms with E-state index in [2.05, 4.69) is 4.90 Å². The van der Waals surface area contributed by atoms with Crippen LogP contribution in [-0.2, 0) is 11.3 Å². The van der Waals surface area contributed by atoms with E-state index in [-0.39, 0.29) is 17.7 Å². The van der Waals surface area contributed by atoms with Crippen LogP contribution in [0.4, 0.5) is 4.39 Å². The van der Waals surface area contributed by atoms with E-state index in [0.29, 0.717) is 30.8 Å². The van der Waals surface area contributed by atoms with E-state index in [0.717, 1.165) is 23.1 Å². The minimum absolute atomic E-state index is 0.102. The van der Waals surface area contributed by atoms with E-state index in [1.54, 1.807) is 31.2 Å². The van der Waals surface area contributed by atoms with Crippen LogP contribution in [0.5, 0.6) is 5.75 Å². The van der Waals surface area contributed by atoms with Gasteiger partial charge in [-0.05, 0) is 42.3 Å². The van der Waals surface area contributed by atoms with Gasteiger partial charge in [0.15, 0.2) is 0 Å². The van der Waals surface area contributed by atoms with Crippen molar-refractivity contribution in [1.29, 1.82) is 0 Å². The number of morpholine rings is 1. The number of hydrogen-bond donors (Lipinski definition) is 1. The minimum atomic E-state index is -0.436. The Morgan fingerprint density at radius 2 is 2.00 bits per heavy atom. The third kappa shape index (κ3) is 3.59. The quantitative estimate of drug-likeness (QED) is 0.716. The highest BCUT2D eigenvalue weighted by Crippen LogP contribution is 2.29. The maximum atomic E-state index is 13.2. The van der Waals surface area contributed by atoms with Crippen LogP contribution >= 0.6 is 0 Å². The molecule has 140 valence electrons. The number of benzene rings is 2. The number of fused-ring (bicyclic) bond motifs is 1. The minimum Gasteiger partial charge on any atom is -0.508 e. The fraction of sp³-hybridized carbons (Fsp3) is 0.286. The predicted molar refractivity (Wildman–Crippen MR) is 99.3 cm³/mol. The lowest BCUT2D eigenvalue weighted by atomic mass is 10.0. The number of aromatic hydroxyl groups is 1. The average Bonchev–Trinajstić information content (AvgIpc) is 2.66. The molecule has 1 saturated heterocycles. The zero-order valence-electron chi connectivity index (χ0n) is 14.9. The largest absolute Gasteiger partial charge is 0.508 e. The van der Waals surface area contributed by atoms with E-state index in [4.69, 9.17) is 9.15 Å². The fourth-order valence-electron chi connectivity index (χ4n) is 3.51. The maximum absolute atomic E-state index is 13.2. The number of ether oxygens (including phenoxy) is 1. The molecule has 4 rings (SSSR count). The van der Waals surface area contributed by atoms with Gasteiger partial charge in [-0.25, -0.2) is 9.18 Å². The molecule has 0 amide bonds. The number of nitrogens with zero attached hydrogens (tertiary/aromatic N) is 1. The van der Waals surface area contributed by atoms with Crippen molar-refractivity contribution >= 4 is 11.0 Å². The molecule has 1 atom stereocenters. The van der Waals surface area contributed by atoms with Crippen molar-refractivity contribution < 1.29 is 18.7 Å². The van der Waals surface area contributed by atoms with Crippen molar-refractivity contribution in [2.75, 3.05) is 19.7 Å². The molecule has 1 aliphatic rings. The highest BCUT2D eigenvalue weighted by molar-refractivity contribution is 5.84. The van der Waals surface area contributed by atoms with Gasteiger partial charge in [0.2, 0.25) is 0 Å². The van der Waals surface area contributed by atoms with Gasteiger partial charge in [0.05, 0.1) is 12.7 Å². The molecule has 1 aliphatic heterocycles. The van der Waals surface area contributed by atoms with Crippen LogP contribution in [0.2, 0.25) is 0 Å². The first kappa shape index (κ1) is 17.7. The monoisotopic (exact) mass is 369 g/mol. The molecule has 0 saturated carbocycles. The normalized spacial score (nSPS) is 18.1. The summed E-state index contributed by atoms with van der Waals surface area (Å²) in [4.78, 5) is 14.2. The summed E-state index contributed by atoms with van der Waals surface area (Å²) in [6, 6.07) is 11.2. The Bertz CT molecular complexity index is 1030. The summed E-state index contributed by atoms with van der Waals surface area (Å²) in [5.41, 5.74) is 2.32. The Labute approximate surface area is 155 Å². The molecule has 27 heavy (non-hydrogen) atoms. The molecule has 0 radical (unpaired) electrons. The predicted octanol–water partition coefficient (Wildman–Crippen LogP) is 3.52. The second kappa shape index (κ2) is 7.13. The van der Waals surface area contributed by atoms with Crippen LogP contribution in [-0.4, -0.2) is 29.7 Å². The van der Waals surface area contributed by atoms with Crippen LogP contribution in [0, 0.1) is 12.7 Å². The summed E-state index contributed by atoms with van der Waals surface area (Å²) in [6.45, 7) is 4.22. The molecule has 6 heteroatoms. The zero-order valence-corrected chi connectivity index (χ0v) is 14.9. The van der Waals surface area contributed by atoms with Gasteiger partial charge < -0.3 is 14.3 Å². The molecular formula is C21H20FNO4. The lowest BCUT2D eigenvalue weighted by molar-refractivity contribution is -0.0328. The number of rotatable bonds is 3. The SMILES string of the molecule is Cc1c(O)ccc2c(CN3CCO[C@H](c4ccc(F)cc4)C3)cc(=O)oc12. The third-order valence-electron chi connectivity index (χ3n) is 5.00. The number of halogens is 1. The summed E-state index contributed by atoms with van der Waals surface area (Å²) in [6.07, 6.45) is -0.142. The Balaban J connectivity index is 1.61. The van der Waals surface area contributed by atoms with Crippen molar-refractivity contribution in [2.45, 2.75) is 19.6 Å². The molecule has 3 aromatic rings. The van der Waals surface area contributed by atoms with Crippen molar-refractivity contribution in [1.82, 2.24) is 4.90 Å². The summed E-state index contributed by atoms with van der Waals surface area (Å²) >= 11 is 0. The second-order valence-electron chi connectivity index (χ2n) is 6.82. The van der Waals surface area contributed by atoms with Gasteiger partial charge >= 0.3 is 5.63 Å². The van der Waals surface area contributed by atoms with E-state index < -0.39 is 5.63 Å². The molecule has 5 nitrogen and oxygen atoms in total. The Kier molecular flexibility index (Phi) is 4.68. The molecule has 2 aromatic carbocycles. The molecule has 2 heterocycles. The van der Waals surface area contributed by atoms with Gasteiger partial charge in [-0.15, -0.1) is 0 Å². The number of aryl methyl sites for hydroxylation is 1. The van der Waals surface area contributed by atoms with Gasteiger partial charge in [-0.3, -0.25) is 4.90 Å². The summed E-state index contributed by atoms with van der Waals surface area (Å²) in [7, 11) is 0. The van der Waals surface area contributed by atoms with Gasteiger partial charge in [0, 0.05) is 36.7 Å². The summed E-state index contributed by atoms with van der Waals surface area (Å²) in [5, 5.41) is 10.7. The molecule has 1 N–H and O–H groups in total. The first-order valence-corrected chi connectivity index (χ1v) is 8.86. The number of phenolic OH excluding ortho intramolecular Hbond substituents is 1. The van der Waals surface area contributed by atoms with Crippen LogP contribution in [0.3, 0.4) is 0 Å². The molecule has 0 aliphatic carbocycles. The van der Waals surface area contributed by atoms with Gasteiger partial charge in [0.1, 0.15) is 17.1 Å². The van der Waals surface area contributed by atoms with Crippen molar-refractivity contribution in [3.05, 3.63) is 75.4 Å². The Morgan fingerprint density at radius 3 is 2.78 bits per heavy atom. The first-order valence-electron chi connectivity index (χ1n) is 8.86. The van der Waals surface area contributed by atoms with E-state index in [1.165, 1.54) is 18.2 Å². The van der Waals surface area contributed by atoms with Crippen molar-refractivity contribution in [3.63, 3.8) is 0 Å². The highest BCUT2D eigenvalue weighted by atomic mass is 19.1. The standard InChI is InChI=1S/C21H20FNO4/c1-13-18(24)7-6-17-15(10-20(25)27-21(13)17)11-23-8-9-26-19(12-23)14-2-4-16(22)5-3-14/h2-7,10,19,24H,8-9,11-12H2,1H3/t19-/m0/s1.